The molecule has 1 aromatic carbocycles. The number of rotatable bonds is 5. The van der Waals surface area contributed by atoms with E-state index in [2.05, 4.69) is 12.2 Å². The summed E-state index contributed by atoms with van der Waals surface area (Å²) in [6.07, 6.45) is 2.00. The molecule has 1 N–H and O–H groups in total. The summed E-state index contributed by atoms with van der Waals surface area (Å²) < 4.78 is 19.2. The van der Waals surface area contributed by atoms with Gasteiger partial charge in [-0.2, -0.15) is 0 Å². The number of esters is 1. The Bertz CT molecular complexity index is 503. The zero-order valence-corrected chi connectivity index (χ0v) is 12.3. The van der Waals surface area contributed by atoms with Crippen LogP contribution in [0, 0.1) is 5.82 Å². The van der Waals surface area contributed by atoms with Gasteiger partial charge in [-0.05, 0) is 50.3 Å². The molecular weight excluding hydrogens is 257 g/mol. The highest BCUT2D eigenvalue weighted by molar-refractivity contribution is 5.84. The highest BCUT2D eigenvalue weighted by Crippen LogP contribution is 2.39. The Morgan fingerprint density at radius 2 is 2.25 bits per heavy atom. The molecule has 0 amide bonds. The quantitative estimate of drug-likeness (QED) is 0.842. The third kappa shape index (κ3) is 2.44. The lowest BCUT2D eigenvalue weighted by molar-refractivity contribution is -0.152. The van der Waals surface area contributed by atoms with Crippen molar-refractivity contribution >= 4 is 5.97 Å². The predicted molar refractivity (Wildman–Crippen MR) is 75.9 cm³/mol. The molecule has 1 aromatic rings. The summed E-state index contributed by atoms with van der Waals surface area (Å²) in [5.74, 6) is -0.538. The van der Waals surface area contributed by atoms with Crippen LogP contribution in [0.2, 0.25) is 0 Å². The van der Waals surface area contributed by atoms with Crippen molar-refractivity contribution in [1.82, 2.24) is 5.32 Å². The Hall–Kier alpha value is -1.42. The number of fused-ring (bicyclic) bond motifs is 1. The van der Waals surface area contributed by atoms with Crippen molar-refractivity contribution in [1.29, 1.82) is 0 Å². The van der Waals surface area contributed by atoms with Gasteiger partial charge in [-0.15, -0.1) is 0 Å². The van der Waals surface area contributed by atoms with E-state index in [1.807, 2.05) is 13.0 Å². The first-order valence-corrected chi connectivity index (χ1v) is 7.28. The van der Waals surface area contributed by atoms with Crippen LogP contribution < -0.4 is 5.32 Å². The van der Waals surface area contributed by atoms with Gasteiger partial charge in [0.1, 0.15) is 11.4 Å². The van der Waals surface area contributed by atoms with E-state index in [0.717, 1.165) is 12.0 Å². The Labute approximate surface area is 119 Å². The zero-order valence-electron chi connectivity index (χ0n) is 12.3. The second-order valence-electron chi connectivity index (χ2n) is 5.35. The minimum absolute atomic E-state index is 0.161. The van der Waals surface area contributed by atoms with Crippen molar-refractivity contribution in [3.63, 3.8) is 0 Å². The number of benzene rings is 1. The summed E-state index contributed by atoms with van der Waals surface area (Å²) in [6.45, 7) is 6.19. The van der Waals surface area contributed by atoms with Crippen LogP contribution in [0.5, 0.6) is 0 Å². The second-order valence-corrected chi connectivity index (χ2v) is 5.35. The molecule has 3 nitrogen and oxygen atoms in total. The van der Waals surface area contributed by atoms with Gasteiger partial charge in [-0.1, -0.05) is 19.1 Å². The second kappa shape index (κ2) is 5.92. The number of hydrogen-bond acceptors (Lipinski definition) is 3. The maximum Gasteiger partial charge on any atom is 0.331 e. The molecule has 1 aliphatic carbocycles. The normalized spacial score (nSPS) is 22.4. The summed E-state index contributed by atoms with van der Waals surface area (Å²) in [5.41, 5.74) is 0.468. The van der Waals surface area contributed by atoms with E-state index in [0.29, 0.717) is 25.0 Å². The molecule has 0 aliphatic heterocycles. The monoisotopic (exact) mass is 279 g/mol. The van der Waals surface area contributed by atoms with Gasteiger partial charge < -0.3 is 4.74 Å². The average Bonchev–Trinajstić information content (AvgIpc) is 2.80. The largest absolute Gasteiger partial charge is 0.464 e. The van der Waals surface area contributed by atoms with Crippen LogP contribution in [-0.4, -0.2) is 18.6 Å². The van der Waals surface area contributed by atoms with Crippen LogP contribution in [-0.2, 0) is 21.5 Å². The molecule has 0 bridgehead atoms. The van der Waals surface area contributed by atoms with Crippen LogP contribution in [0.3, 0.4) is 0 Å². The Balaban J connectivity index is 2.45. The maximum absolute atomic E-state index is 13.9. The first kappa shape index (κ1) is 15.0. The van der Waals surface area contributed by atoms with Crippen molar-refractivity contribution in [2.45, 2.75) is 51.6 Å². The number of hydrogen-bond donors (Lipinski definition) is 1. The minimum atomic E-state index is -0.900. The van der Waals surface area contributed by atoms with Crippen molar-refractivity contribution < 1.29 is 13.9 Å². The fraction of sp³-hybridized carbons (Fsp3) is 0.562. The van der Waals surface area contributed by atoms with Crippen LogP contribution in [0.1, 0.15) is 44.7 Å². The molecule has 0 saturated carbocycles. The van der Waals surface area contributed by atoms with E-state index in [-0.39, 0.29) is 17.8 Å². The van der Waals surface area contributed by atoms with Crippen LogP contribution in [0.25, 0.3) is 0 Å². The number of carbonyl (C=O) groups excluding carboxylic acids is 1. The van der Waals surface area contributed by atoms with Gasteiger partial charge in [-0.25, -0.2) is 9.18 Å². The molecule has 0 saturated heterocycles. The molecule has 20 heavy (non-hydrogen) atoms. The summed E-state index contributed by atoms with van der Waals surface area (Å²) in [5, 5.41) is 3.37. The van der Waals surface area contributed by atoms with E-state index in [1.54, 1.807) is 13.0 Å². The Morgan fingerprint density at radius 3 is 2.90 bits per heavy atom. The van der Waals surface area contributed by atoms with E-state index < -0.39 is 5.54 Å². The highest BCUT2D eigenvalue weighted by atomic mass is 19.1. The molecule has 1 aliphatic rings. The van der Waals surface area contributed by atoms with Crippen molar-refractivity contribution in [3.8, 4) is 0 Å². The molecule has 0 spiro atoms. The number of nitrogens with one attached hydrogen (secondary N) is 1. The SMILES string of the molecule is CCOC(=O)C1(NC(C)CC)CCc2c(F)cccc21. The number of ether oxygens (including phenoxy) is 1. The summed E-state index contributed by atoms with van der Waals surface area (Å²) in [6, 6.07) is 5.10. The lowest BCUT2D eigenvalue weighted by atomic mass is 9.90. The van der Waals surface area contributed by atoms with Crippen molar-refractivity contribution in [2.75, 3.05) is 6.61 Å². The Morgan fingerprint density at radius 1 is 1.50 bits per heavy atom. The van der Waals surface area contributed by atoms with E-state index in [9.17, 15) is 9.18 Å². The smallest absolute Gasteiger partial charge is 0.331 e. The fourth-order valence-corrected chi connectivity index (χ4v) is 2.86. The average molecular weight is 279 g/mol. The fourth-order valence-electron chi connectivity index (χ4n) is 2.86. The van der Waals surface area contributed by atoms with Crippen LogP contribution in [0.15, 0.2) is 18.2 Å². The zero-order chi connectivity index (χ0) is 14.8. The minimum Gasteiger partial charge on any atom is -0.464 e. The van der Waals surface area contributed by atoms with Crippen LogP contribution >= 0.6 is 0 Å². The third-order valence-electron chi connectivity index (χ3n) is 4.06. The topological polar surface area (TPSA) is 38.3 Å². The Kier molecular flexibility index (Phi) is 4.43. The highest BCUT2D eigenvalue weighted by Gasteiger charge is 2.47. The summed E-state index contributed by atoms with van der Waals surface area (Å²) in [7, 11) is 0. The van der Waals surface area contributed by atoms with Gasteiger partial charge in [0.05, 0.1) is 6.61 Å². The molecule has 0 aromatic heterocycles. The number of halogens is 1. The van der Waals surface area contributed by atoms with Gasteiger partial charge in [0.2, 0.25) is 0 Å². The van der Waals surface area contributed by atoms with Gasteiger partial charge in [-0.3, -0.25) is 5.32 Å². The van der Waals surface area contributed by atoms with Gasteiger partial charge in [0.25, 0.3) is 0 Å². The first-order chi connectivity index (χ1) is 9.55. The van der Waals surface area contributed by atoms with Gasteiger partial charge in [0, 0.05) is 6.04 Å². The lowest BCUT2D eigenvalue weighted by Gasteiger charge is -2.32. The molecule has 0 heterocycles. The lowest BCUT2D eigenvalue weighted by Crippen LogP contribution is -2.52. The molecular formula is C16H22FNO2. The van der Waals surface area contributed by atoms with E-state index in [4.69, 9.17) is 4.74 Å². The molecule has 0 fully saturated rings. The number of carbonyl (C=O) groups is 1. The van der Waals surface area contributed by atoms with Crippen molar-refractivity contribution in [3.05, 3.63) is 35.1 Å². The molecule has 4 heteroatoms. The third-order valence-corrected chi connectivity index (χ3v) is 4.06. The molecule has 2 rings (SSSR count). The predicted octanol–water partition coefficient (Wildman–Crippen LogP) is 2.92. The van der Waals surface area contributed by atoms with E-state index in [1.165, 1.54) is 6.07 Å². The van der Waals surface area contributed by atoms with E-state index >= 15 is 0 Å². The maximum atomic E-state index is 13.9. The summed E-state index contributed by atoms with van der Waals surface area (Å²) in [4.78, 5) is 12.5. The van der Waals surface area contributed by atoms with Gasteiger partial charge in [0.15, 0.2) is 0 Å². The standard InChI is InChI=1S/C16H22FNO2/c1-4-11(3)18-16(15(19)20-5-2)10-9-12-13(16)7-6-8-14(12)17/h6-8,11,18H,4-5,9-10H2,1-3H3. The summed E-state index contributed by atoms with van der Waals surface area (Å²) >= 11 is 0. The first-order valence-electron chi connectivity index (χ1n) is 7.28. The molecule has 2 unspecified atom stereocenters. The van der Waals surface area contributed by atoms with Crippen molar-refractivity contribution in [2.24, 2.45) is 0 Å². The molecule has 0 radical (unpaired) electrons. The van der Waals surface area contributed by atoms with Gasteiger partial charge >= 0.3 is 5.97 Å². The molecule has 110 valence electrons. The van der Waals surface area contributed by atoms with Crippen LogP contribution in [0.4, 0.5) is 4.39 Å². The molecule has 2 atom stereocenters.